The highest BCUT2D eigenvalue weighted by Crippen LogP contribution is 2.26. The van der Waals surface area contributed by atoms with E-state index in [-0.39, 0.29) is 6.10 Å². The second kappa shape index (κ2) is 7.05. The van der Waals surface area contributed by atoms with Crippen LogP contribution in [0, 0.1) is 5.92 Å². The van der Waals surface area contributed by atoms with Crippen LogP contribution in [0.15, 0.2) is 12.7 Å². The van der Waals surface area contributed by atoms with Gasteiger partial charge in [-0.25, -0.2) is 0 Å². The van der Waals surface area contributed by atoms with Crippen LogP contribution in [0.3, 0.4) is 0 Å². The van der Waals surface area contributed by atoms with Gasteiger partial charge in [0.2, 0.25) is 0 Å². The molecular weight excluding hydrogens is 172 g/mol. The topological polar surface area (TPSA) is 20.2 Å². The predicted molar refractivity (Wildman–Crippen MR) is 61.2 cm³/mol. The minimum Gasteiger partial charge on any atom is -0.393 e. The molecule has 1 heteroatoms. The molecule has 0 spiro atoms. The summed E-state index contributed by atoms with van der Waals surface area (Å²) in [6, 6.07) is 0. The van der Waals surface area contributed by atoms with Gasteiger partial charge in [-0.2, -0.15) is 0 Å². The Kier molecular flexibility index (Phi) is 5.93. The molecule has 1 aliphatic carbocycles. The molecule has 0 aromatic carbocycles. The molecule has 1 aliphatic rings. The summed E-state index contributed by atoms with van der Waals surface area (Å²) in [6.45, 7) is 3.70. The number of allylic oxidation sites excluding steroid dienone is 1. The van der Waals surface area contributed by atoms with E-state index in [9.17, 15) is 5.11 Å². The lowest BCUT2D eigenvalue weighted by Crippen LogP contribution is -2.21. The summed E-state index contributed by atoms with van der Waals surface area (Å²) in [7, 11) is 0. The first-order valence-electron chi connectivity index (χ1n) is 6.13. The predicted octanol–water partition coefficient (Wildman–Crippen LogP) is 3.67. The molecule has 14 heavy (non-hydrogen) atoms. The van der Waals surface area contributed by atoms with E-state index >= 15 is 0 Å². The molecule has 0 aromatic heterocycles. The van der Waals surface area contributed by atoms with Gasteiger partial charge in [0.05, 0.1) is 6.10 Å². The molecule has 0 radical (unpaired) electrons. The second-order valence-electron chi connectivity index (χ2n) is 4.54. The zero-order valence-corrected chi connectivity index (χ0v) is 9.25. The van der Waals surface area contributed by atoms with Gasteiger partial charge in [0, 0.05) is 0 Å². The Balaban J connectivity index is 2.27. The molecule has 1 atom stereocenters. The van der Waals surface area contributed by atoms with Gasteiger partial charge in [-0.3, -0.25) is 0 Å². The summed E-state index contributed by atoms with van der Waals surface area (Å²) >= 11 is 0. The van der Waals surface area contributed by atoms with Gasteiger partial charge in [-0.05, 0) is 31.6 Å². The molecule has 1 nitrogen and oxygen atoms in total. The van der Waals surface area contributed by atoms with Crippen molar-refractivity contribution in [2.24, 2.45) is 5.92 Å². The van der Waals surface area contributed by atoms with E-state index in [1.807, 2.05) is 6.08 Å². The van der Waals surface area contributed by atoms with E-state index in [4.69, 9.17) is 0 Å². The fraction of sp³-hybridized carbons (Fsp3) is 0.846. The lowest BCUT2D eigenvalue weighted by molar-refractivity contribution is 0.0841. The maximum atomic E-state index is 9.97. The van der Waals surface area contributed by atoms with Crippen molar-refractivity contribution >= 4 is 0 Å². The third-order valence-electron chi connectivity index (χ3n) is 3.36. The van der Waals surface area contributed by atoms with Crippen LogP contribution in [0.25, 0.3) is 0 Å². The summed E-state index contributed by atoms with van der Waals surface area (Å²) < 4.78 is 0. The molecule has 0 amide bonds. The minimum atomic E-state index is -0.0777. The molecule has 1 rings (SSSR count). The summed E-state index contributed by atoms with van der Waals surface area (Å²) in [4.78, 5) is 0. The zero-order chi connectivity index (χ0) is 10.2. The minimum absolute atomic E-state index is 0.0777. The molecular formula is C13H24O. The maximum Gasteiger partial charge on any atom is 0.0571 e. The van der Waals surface area contributed by atoms with Crippen molar-refractivity contribution in [2.45, 2.75) is 63.9 Å². The largest absolute Gasteiger partial charge is 0.393 e. The van der Waals surface area contributed by atoms with Crippen molar-refractivity contribution in [3.05, 3.63) is 12.7 Å². The van der Waals surface area contributed by atoms with Gasteiger partial charge < -0.3 is 5.11 Å². The van der Waals surface area contributed by atoms with Crippen molar-refractivity contribution in [2.75, 3.05) is 0 Å². The van der Waals surface area contributed by atoms with E-state index in [2.05, 4.69) is 6.58 Å². The third-order valence-corrected chi connectivity index (χ3v) is 3.36. The molecule has 82 valence electrons. The zero-order valence-electron chi connectivity index (χ0n) is 9.25. The Morgan fingerprint density at radius 2 is 1.71 bits per heavy atom. The average Bonchev–Trinajstić information content (AvgIpc) is 2.13. The summed E-state index contributed by atoms with van der Waals surface area (Å²) in [6.07, 6.45) is 12.9. The van der Waals surface area contributed by atoms with Crippen molar-refractivity contribution < 1.29 is 5.11 Å². The van der Waals surface area contributed by atoms with E-state index < -0.39 is 0 Å². The van der Waals surface area contributed by atoms with Gasteiger partial charge in [0.15, 0.2) is 0 Å². The molecule has 0 aliphatic heterocycles. The number of aliphatic hydroxyl groups is 1. The van der Waals surface area contributed by atoms with Crippen molar-refractivity contribution in [3.63, 3.8) is 0 Å². The Labute approximate surface area is 88.2 Å². The lowest BCUT2D eigenvalue weighted by Gasteiger charge is -2.24. The molecule has 0 heterocycles. The van der Waals surface area contributed by atoms with Crippen molar-refractivity contribution in [1.82, 2.24) is 0 Å². The Morgan fingerprint density at radius 3 is 2.29 bits per heavy atom. The van der Waals surface area contributed by atoms with Crippen LogP contribution in [0.5, 0.6) is 0 Å². The maximum absolute atomic E-state index is 9.97. The van der Waals surface area contributed by atoms with Gasteiger partial charge in [0.25, 0.3) is 0 Å². The second-order valence-corrected chi connectivity index (χ2v) is 4.54. The summed E-state index contributed by atoms with van der Waals surface area (Å²) in [5.74, 6) is 0.565. The smallest absolute Gasteiger partial charge is 0.0571 e. The quantitative estimate of drug-likeness (QED) is 0.680. The van der Waals surface area contributed by atoms with Gasteiger partial charge in [-0.15, -0.1) is 6.58 Å². The van der Waals surface area contributed by atoms with Crippen LogP contribution in [0.2, 0.25) is 0 Å². The van der Waals surface area contributed by atoms with Crippen molar-refractivity contribution in [3.8, 4) is 0 Å². The number of aliphatic hydroxyl groups excluding tert-OH is 1. The number of hydrogen-bond acceptors (Lipinski definition) is 1. The molecule has 1 unspecified atom stereocenters. The van der Waals surface area contributed by atoms with Crippen LogP contribution in [-0.2, 0) is 0 Å². The fourth-order valence-corrected chi connectivity index (χ4v) is 2.40. The molecule has 0 aromatic rings. The van der Waals surface area contributed by atoms with Gasteiger partial charge in [-0.1, -0.05) is 38.2 Å². The van der Waals surface area contributed by atoms with Crippen LogP contribution in [0.1, 0.15) is 57.8 Å². The standard InChI is InChI=1S/C13H24O/c1-2-3-11-13(14)12-9-7-5-4-6-8-10-12/h2,12-14H,1,3-11H2. The molecule has 0 bridgehead atoms. The first-order valence-corrected chi connectivity index (χ1v) is 6.13. The van der Waals surface area contributed by atoms with Crippen LogP contribution >= 0.6 is 0 Å². The highest BCUT2D eigenvalue weighted by Gasteiger charge is 2.18. The average molecular weight is 196 g/mol. The monoisotopic (exact) mass is 196 g/mol. The summed E-state index contributed by atoms with van der Waals surface area (Å²) in [5, 5.41) is 9.97. The van der Waals surface area contributed by atoms with Crippen LogP contribution in [0.4, 0.5) is 0 Å². The van der Waals surface area contributed by atoms with Gasteiger partial charge in [0.1, 0.15) is 0 Å². The van der Waals surface area contributed by atoms with E-state index in [1.165, 1.54) is 44.9 Å². The normalized spacial score (nSPS) is 22.4. The Morgan fingerprint density at radius 1 is 1.14 bits per heavy atom. The van der Waals surface area contributed by atoms with E-state index in [1.54, 1.807) is 0 Å². The van der Waals surface area contributed by atoms with E-state index in [0.717, 1.165) is 12.8 Å². The first-order chi connectivity index (χ1) is 6.84. The fourth-order valence-electron chi connectivity index (χ4n) is 2.40. The molecule has 0 saturated heterocycles. The van der Waals surface area contributed by atoms with Crippen LogP contribution < -0.4 is 0 Å². The Bertz CT molecular complexity index is 145. The first kappa shape index (κ1) is 11.8. The number of hydrogen-bond donors (Lipinski definition) is 1. The van der Waals surface area contributed by atoms with Crippen LogP contribution in [-0.4, -0.2) is 11.2 Å². The molecule has 1 saturated carbocycles. The Hall–Kier alpha value is -0.300. The highest BCUT2D eigenvalue weighted by molar-refractivity contribution is 4.75. The van der Waals surface area contributed by atoms with E-state index in [0.29, 0.717) is 5.92 Å². The highest BCUT2D eigenvalue weighted by atomic mass is 16.3. The van der Waals surface area contributed by atoms with Crippen molar-refractivity contribution in [1.29, 1.82) is 0 Å². The molecule has 1 fully saturated rings. The lowest BCUT2D eigenvalue weighted by atomic mass is 9.86. The summed E-state index contributed by atoms with van der Waals surface area (Å²) in [5.41, 5.74) is 0. The molecule has 1 N–H and O–H groups in total. The number of rotatable bonds is 4. The SMILES string of the molecule is C=CCCC(O)C1CCCCCCC1. The third kappa shape index (κ3) is 4.28. The van der Waals surface area contributed by atoms with Gasteiger partial charge >= 0.3 is 0 Å².